The van der Waals surface area contributed by atoms with Crippen LogP contribution in [0, 0.1) is 5.82 Å². The van der Waals surface area contributed by atoms with Crippen molar-refractivity contribution in [2.45, 2.75) is 24.9 Å². The molecule has 7 heteroatoms. The number of nitrogens with zero attached hydrogens (tertiary/aromatic N) is 1. The molecule has 2 rings (SSSR count). The van der Waals surface area contributed by atoms with Crippen molar-refractivity contribution in [3.8, 4) is 5.75 Å². The van der Waals surface area contributed by atoms with Gasteiger partial charge in [0.2, 0.25) is 5.82 Å². The van der Waals surface area contributed by atoms with Gasteiger partial charge in [0.25, 0.3) is 5.56 Å². The molecular formula is C10H12FNO5. The highest BCUT2D eigenvalue weighted by atomic mass is 19.1. The van der Waals surface area contributed by atoms with Crippen LogP contribution in [0.15, 0.2) is 17.1 Å². The van der Waals surface area contributed by atoms with Crippen molar-refractivity contribution in [3.63, 3.8) is 0 Å². The van der Waals surface area contributed by atoms with E-state index in [1.807, 2.05) is 0 Å². The summed E-state index contributed by atoms with van der Waals surface area (Å²) in [6, 6.07) is 1.03. The molecular weight excluding hydrogens is 233 g/mol. The predicted octanol–water partition coefficient (Wildman–Crippen LogP) is -0.666. The Morgan fingerprint density at radius 1 is 1.59 bits per heavy atom. The fourth-order valence-corrected chi connectivity index (χ4v) is 1.79. The Balaban J connectivity index is 2.31. The van der Waals surface area contributed by atoms with Crippen molar-refractivity contribution in [1.29, 1.82) is 0 Å². The summed E-state index contributed by atoms with van der Waals surface area (Å²) in [5.41, 5.74) is -1.03. The zero-order valence-corrected chi connectivity index (χ0v) is 8.78. The molecule has 1 saturated heterocycles. The summed E-state index contributed by atoms with van der Waals surface area (Å²) >= 11 is 0. The van der Waals surface area contributed by atoms with Crippen molar-refractivity contribution in [2.24, 2.45) is 0 Å². The van der Waals surface area contributed by atoms with Gasteiger partial charge in [-0.05, 0) is 6.07 Å². The minimum Gasteiger partial charge on any atom is -0.505 e. The number of aromatic nitrogens is 1. The van der Waals surface area contributed by atoms with Gasteiger partial charge in [0, 0.05) is 12.6 Å². The summed E-state index contributed by atoms with van der Waals surface area (Å²) < 4.78 is 19.3. The number of pyridine rings is 1. The Labute approximate surface area is 95.5 Å². The molecule has 1 aliphatic rings. The third-order valence-electron chi connectivity index (χ3n) is 2.73. The molecule has 0 amide bonds. The monoisotopic (exact) mass is 245 g/mol. The standard InChI is InChI=1S/C10H12FNO5/c11-9-5(14)1-2-12(10(9)16)8-3-6(15)7(4-13)17-8/h1-2,6-8,13-15H,3-4H2/t6-,7+,8+/m0/s1. The molecule has 0 bridgehead atoms. The van der Waals surface area contributed by atoms with Crippen molar-refractivity contribution in [1.82, 2.24) is 4.57 Å². The predicted molar refractivity (Wildman–Crippen MR) is 53.9 cm³/mol. The third-order valence-corrected chi connectivity index (χ3v) is 2.73. The molecule has 0 radical (unpaired) electrons. The average molecular weight is 245 g/mol. The Morgan fingerprint density at radius 2 is 2.29 bits per heavy atom. The molecule has 0 unspecified atom stereocenters. The van der Waals surface area contributed by atoms with E-state index < -0.39 is 35.6 Å². The van der Waals surface area contributed by atoms with Crippen molar-refractivity contribution in [3.05, 3.63) is 28.4 Å². The van der Waals surface area contributed by atoms with Crippen LogP contribution in [-0.2, 0) is 4.74 Å². The van der Waals surface area contributed by atoms with Gasteiger partial charge in [-0.15, -0.1) is 0 Å². The quantitative estimate of drug-likeness (QED) is 0.643. The number of aliphatic hydroxyl groups excluding tert-OH is 2. The molecule has 2 heterocycles. The number of aromatic hydroxyl groups is 1. The summed E-state index contributed by atoms with van der Waals surface area (Å²) in [6.07, 6.45) is -1.28. The second-order valence-electron chi connectivity index (χ2n) is 3.84. The highest BCUT2D eigenvalue weighted by molar-refractivity contribution is 5.18. The molecule has 0 saturated carbocycles. The van der Waals surface area contributed by atoms with E-state index in [1.165, 1.54) is 6.20 Å². The van der Waals surface area contributed by atoms with Crippen molar-refractivity contribution in [2.75, 3.05) is 6.61 Å². The van der Waals surface area contributed by atoms with Crippen LogP contribution in [0.5, 0.6) is 5.75 Å². The molecule has 1 aromatic heterocycles. The summed E-state index contributed by atoms with van der Waals surface area (Å²) in [7, 11) is 0. The second kappa shape index (κ2) is 4.44. The highest BCUT2D eigenvalue weighted by Gasteiger charge is 2.35. The first kappa shape index (κ1) is 12.0. The van der Waals surface area contributed by atoms with Gasteiger partial charge in [0.1, 0.15) is 12.3 Å². The molecule has 0 aromatic carbocycles. The maximum absolute atomic E-state index is 13.2. The normalized spacial score (nSPS) is 28.5. The lowest BCUT2D eigenvalue weighted by Gasteiger charge is -2.14. The molecule has 1 fully saturated rings. The SMILES string of the molecule is O=c1c(F)c(O)ccn1[C@H]1C[C@H](O)[C@@H](CO)O1. The molecule has 0 spiro atoms. The van der Waals surface area contributed by atoms with Crippen LogP contribution in [0.25, 0.3) is 0 Å². The minimum atomic E-state index is -1.27. The Kier molecular flexibility index (Phi) is 3.14. The first-order valence-corrected chi connectivity index (χ1v) is 5.08. The van der Waals surface area contributed by atoms with E-state index >= 15 is 0 Å². The van der Waals surface area contributed by atoms with Gasteiger partial charge in [0.05, 0.1) is 12.7 Å². The van der Waals surface area contributed by atoms with Gasteiger partial charge in [-0.1, -0.05) is 0 Å². The van der Waals surface area contributed by atoms with Crippen molar-refractivity contribution >= 4 is 0 Å². The maximum Gasteiger partial charge on any atom is 0.292 e. The van der Waals surface area contributed by atoms with Gasteiger partial charge in [-0.3, -0.25) is 9.36 Å². The lowest BCUT2D eigenvalue weighted by Crippen LogP contribution is -2.27. The van der Waals surface area contributed by atoms with Gasteiger partial charge in [-0.2, -0.15) is 4.39 Å². The largest absolute Gasteiger partial charge is 0.505 e. The first-order valence-electron chi connectivity index (χ1n) is 5.08. The lowest BCUT2D eigenvalue weighted by molar-refractivity contribution is -0.0458. The number of halogens is 1. The van der Waals surface area contributed by atoms with Gasteiger partial charge in [-0.25, -0.2) is 0 Å². The molecule has 3 N–H and O–H groups in total. The number of ether oxygens (including phenoxy) is 1. The van der Waals surface area contributed by atoms with Crippen molar-refractivity contribution < 1.29 is 24.4 Å². The van der Waals surface area contributed by atoms with Gasteiger partial charge >= 0.3 is 0 Å². The van der Waals surface area contributed by atoms with E-state index in [2.05, 4.69) is 0 Å². The van der Waals surface area contributed by atoms with Gasteiger partial charge in [0.15, 0.2) is 5.75 Å². The van der Waals surface area contributed by atoms with E-state index in [-0.39, 0.29) is 13.0 Å². The fourth-order valence-electron chi connectivity index (χ4n) is 1.79. The fraction of sp³-hybridized carbons (Fsp3) is 0.500. The van der Waals surface area contributed by atoms with Crippen LogP contribution in [0.2, 0.25) is 0 Å². The summed E-state index contributed by atoms with van der Waals surface area (Å²) in [4.78, 5) is 11.5. The number of aliphatic hydroxyl groups is 2. The summed E-state index contributed by atoms with van der Waals surface area (Å²) in [6.45, 7) is -0.382. The zero-order chi connectivity index (χ0) is 12.6. The average Bonchev–Trinajstić information content (AvgIpc) is 2.67. The van der Waals surface area contributed by atoms with Crippen LogP contribution in [0.3, 0.4) is 0 Å². The number of hydrogen-bond donors (Lipinski definition) is 3. The molecule has 17 heavy (non-hydrogen) atoms. The Morgan fingerprint density at radius 3 is 2.88 bits per heavy atom. The minimum absolute atomic E-state index is 0.0787. The summed E-state index contributed by atoms with van der Waals surface area (Å²) in [5, 5.41) is 27.4. The van der Waals surface area contributed by atoms with Gasteiger partial charge < -0.3 is 20.1 Å². The van der Waals surface area contributed by atoms with Crippen LogP contribution < -0.4 is 5.56 Å². The van der Waals surface area contributed by atoms with E-state index in [1.54, 1.807) is 0 Å². The first-order chi connectivity index (χ1) is 8.04. The zero-order valence-electron chi connectivity index (χ0n) is 8.78. The molecule has 1 aromatic rings. The lowest BCUT2D eigenvalue weighted by atomic mass is 10.2. The van der Waals surface area contributed by atoms with Crippen LogP contribution >= 0.6 is 0 Å². The van der Waals surface area contributed by atoms with E-state index in [0.717, 1.165) is 10.6 Å². The molecule has 0 aliphatic carbocycles. The van der Waals surface area contributed by atoms with E-state index in [4.69, 9.17) is 14.9 Å². The van der Waals surface area contributed by atoms with Crippen LogP contribution in [0.1, 0.15) is 12.6 Å². The van der Waals surface area contributed by atoms with Crippen LogP contribution in [-0.4, -0.2) is 38.7 Å². The highest BCUT2D eigenvalue weighted by Crippen LogP contribution is 2.27. The summed E-state index contributed by atoms with van der Waals surface area (Å²) in [5.74, 6) is -2.00. The molecule has 1 aliphatic heterocycles. The second-order valence-corrected chi connectivity index (χ2v) is 3.84. The molecule has 6 nitrogen and oxygen atoms in total. The molecule has 3 atom stereocenters. The van der Waals surface area contributed by atoms with E-state index in [9.17, 15) is 14.3 Å². The molecule has 94 valence electrons. The third kappa shape index (κ3) is 2.04. The Hall–Kier alpha value is -1.44. The topological polar surface area (TPSA) is 91.9 Å². The number of rotatable bonds is 2. The smallest absolute Gasteiger partial charge is 0.292 e. The van der Waals surface area contributed by atoms with E-state index in [0.29, 0.717) is 0 Å². The Bertz CT molecular complexity index is 474. The number of hydrogen-bond acceptors (Lipinski definition) is 5. The maximum atomic E-state index is 13.2. The van der Waals surface area contributed by atoms with Crippen LogP contribution in [0.4, 0.5) is 4.39 Å².